The minimum Gasteiger partial charge on any atom is -0.481 e. The number of fused-ring (bicyclic) bond motifs is 1. The zero-order valence-corrected chi connectivity index (χ0v) is 13.1. The Balaban J connectivity index is 1.59. The predicted molar refractivity (Wildman–Crippen MR) is 83.4 cm³/mol. The Morgan fingerprint density at radius 2 is 1.71 bits per heavy atom. The van der Waals surface area contributed by atoms with E-state index in [9.17, 15) is 19.2 Å². The number of nitrogens with one attached hydrogen (secondary N) is 1. The van der Waals surface area contributed by atoms with Crippen molar-refractivity contribution in [3.05, 3.63) is 35.4 Å². The maximum atomic E-state index is 12.2. The van der Waals surface area contributed by atoms with E-state index in [1.165, 1.54) is 0 Å². The lowest BCUT2D eigenvalue weighted by Crippen LogP contribution is -2.55. The van der Waals surface area contributed by atoms with Gasteiger partial charge in [-0.3, -0.25) is 24.1 Å². The van der Waals surface area contributed by atoms with Crippen LogP contribution in [0.3, 0.4) is 0 Å². The number of rotatable bonds is 6. The van der Waals surface area contributed by atoms with E-state index in [-0.39, 0.29) is 25.3 Å². The van der Waals surface area contributed by atoms with Crippen molar-refractivity contribution in [2.75, 3.05) is 6.54 Å². The van der Waals surface area contributed by atoms with Crippen molar-refractivity contribution in [3.8, 4) is 0 Å². The molecule has 1 aliphatic heterocycles. The van der Waals surface area contributed by atoms with Gasteiger partial charge in [0.05, 0.1) is 23.1 Å². The summed E-state index contributed by atoms with van der Waals surface area (Å²) in [5.74, 6) is -2.08. The Morgan fingerprint density at radius 3 is 2.17 bits per heavy atom. The van der Waals surface area contributed by atoms with Crippen molar-refractivity contribution in [3.63, 3.8) is 0 Å². The molecule has 7 heteroatoms. The van der Waals surface area contributed by atoms with Crippen LogP contribution in [0.25, 0.3) is 0 Å². The molecule has 1 heterocycles. The Hall–Kier alpha value is -2.70. The van der Waals surface area contributed by atoms with Crippen molar-refractivity contribution in [2.45, 2.75) is 37.6 Å². The Labute approximate surface area is 138 Å². The van der Waals surface area contributed by atoms with Gasteiger partial charge >= 0.3 is 5.97 Å². The van der Waals surface area contributed by atoms with Gasteiger partial charge in [-0.25, -0.2) is 0 Å². The summed E-state index contributed by atoms with van der Waals surface area (Å²) in [6.07, 6.45) is 2.01. The van der Waals surface area contributed by atoms with E-state index in [1.807, 2.05) is 0 Å². The van der Waals surface area contributed by atoms with E-state index >= 15 is 0 Å². The molecular weight excluding hydrogens is 312 g/mol. The third-order valence-electron chi connectivity index (χ3n) is 4.65. The van der Waals surface area contributed by atoms with E-state index < -0.39 is 23.3 Å². The molecule has 0 unspecified atom stereocenters. The van der Waals surface area contributed by atoms with Crippen LogP contribution in [0, 0.1) is 0 Å². The number of nitrogens with zero attached hydrogens (tertiary/aromatic N) is 1. The number of imide groups is 1. The van der Waals surface area contributed by atoms with Gasteiger partial charge < -0.3 is 10.4 Å². The third kappa shape index (κ3) is 2.89. The zero-order valence-electron chi connectivity index (χ0n) is 13.1. The fourth-order valence-corrected chi connectivity index (χ4v) is 3.25. The molecule has 24 heavy (non-hydrogen) atoms. The fraction of sp³-hybridized carbons (Fsp3) is 0.412. The van der Waals surface area contributed by atoms with Crippen molar-refractivity contribution in [1.29, 1.82) is 0 Å². The van der Waals surface area contributed by atoms with Crippen molar-refractivity contribution < 1.29 is 24.3 Å². The molecule has 3 amide bonds. The summed E-state index contributed by atoms with van der Waals surface area (Å²) in [6, 6.07) is 6.55. The molecule has 0 spiro atoms. The average molecular weight is 330 g/mol. The van der Waals surface area contributed by atoms with Crippen LogP contribution < -0.4 is 5.32 Å². The van der Waals surface area contributed by atoms with E-state index in [4.69, 9.17) is 5.11 Å². The minimum atomic E-state index is -0.949. The molecule has 1 aromatic rings. The molecule has 2 N–H and O–H groups in total. The van der Waals surface area contributed by atoms with Gasteiger partial charge in [-0.1, -0.05) is 12.1 Å². The second-order valence-corrected chi connectivity index (χ2v) is 6.31. The van der Waals surface area contributed by atoms with Crippen LogP contribution in [0.15, 0.2) is 24.3 Å². The normalized spacial score (nSPS) is 18.1. The zero-order chi connectivity index (χ0) is 17.3. The van der Waals surface area contributed by atoms with Gasteiger partial charge in [0.25, 0.3) is 11.8 Å². The number of aliphatic carboxylic acids is 1. The van der Waals surface area contributed by atoms with Crippen LogP contribution in [0.2, 0.25) is 0 Å². The van der Waals surface area contributed by atoms with Crippen LogP contribution in [-0.2, 0) is 9.59 Å². The molecule has 7 nitrogen and oxygen atoms in total. The number of benzene rings is 1. The number of carboxylic acid groups (broad SMARTS) is 1. The van der Waals surface area contributed by atoms with Crippen LogP contribution in [0.4, 0.5) is 0 Å². The number of carbonyl (C=O) groups excluding carboxylic acids is 3. The smallest absolute Gasteiger partial charge is 0.305 e. The summed E-state index contributed by atoms with van der Waals surface area (Å²) in [5.41, 5.74) is 0.0266. The minimum absolute atomic E-state index is 0.0126. The Bertz CT molecular complexity index is 688. The van der Waals surface area contributed by atoms with Gasteiger partial charge in [-0.15, -0.1) is 0 Å². The molecule has 0 saturated heterocycles. The van der Waals surface area contributed by atoms with Gasteiger partial charge in [0.1, 0.15) is 0 Å². The molecule has 3 rings (SSSR count). The molecule has 0 atom stereocenters. The summed E-state index contributed by atoms with van der Waals surface area (Å²) in [5, 5.41) is 11.7. The first kappa shape index (κ1) is 16.2. The summed E-state index contributed by atoms with van der Waals surface area (Å²) in [7, 11) is 0. The monoisotopic (exact) mass is 330 g/mol. The Morgan fingerprint density at radius 1 is 1.12 bits per heavy atom. The first-order valence-electron chi connectivity index (χ1n) is 7.90. The summed E-state index contributed by atoms with van der Waals surface area (Å²) in [6.45, 7) is -0.0126. The van der Waals surface area contributed by atoms with Gasteiger partial charge in [0.2, 0.25) is 5.91 Å². The highest BCUT2D eigenvalue weighted by molar-refractivity contribution is 6.21. The number of amides is 3. The largest absolute Gasteiger partial charge is 0.481 e. The first-order valence-corrected chi connectivity index (χ1v) is 7.90. The van der Waals surface area contributed by atoms with Crippen molar-refractivity contribution in [1.82, 2.24) is 10.2 Å². The lowest BCUT2D eigenvalue weighted by Gasteiger charge is -2.41. The molecule has 1 aromatic carbocycles. The molecule has 1 aliphatic carbocycles. The summed E-state index contributed by atoms with van der Waals surface area (Å²) < 4.78 is 0. The highest BCUT2D eigenvalue weighted by atomic mass is 16.4. The SMILES string of the molecule is O=C(O)CC1(NC(=O)CCN2C(=O)c3ccccc3C2=O)CCC1. The first-order chi connectivity index (χ1) is 11.4. The van der Waals surface area contributed by atoms with E-state index in [2.05, 4.69) is 5.32 Å². The lowest BCUT2D eigenvalue weighted by atomic mass is 9.74. The third-order valence-corrected chi connectivity index (χ3v) is 4.65. The fourth-order valence-electron chi connectivity index (χ4n) is 3.25. The van der Waals surface area contributed by atoms with E-state index in [0.717, 1.165) is 11.3 Å². The topological polar surface area (TPSA) is 104 Å². The van der Waals surface area contributed by atoms with E-state index in [0.29, 0.717) is 24.0 Å². The molecule has 0 radical (unpaired) electrons. The van der Waals surface area contributed by atoms with Gasteiger partial charge in [-0.2, -0.15) is 0 Å². The highest BCUT2D eigenvalue weighted by Gasteiger charge is 2.41. The lowest BCUT2D eigenvalue weighted by molar-refractivity contribution is -0.140. The standard InChI is InChI=1S/C17H18N2O5/c20-13(18-17(7-3-8-17)10-14(21)22)6-9-19-15(23)11-4-1-2-5-12(11)16(19)24/h1-2,4-5H,3,6-10H2,(H,18,20)(H,21,22). The van der Waals surface area contributed by atoms with Gasteiger partial charge in [0.15, 0.2) is 0 Å². The Kier molecular flexibility index (Phi) is 4.09. The van der Waals surface area contributed by atoms with Crippen LogP contribution in [0.1, 0.15) is 52.8 Å². The van der Waals surface area contributed by atoms with E-state index in [1.54, 1.807) is 24.3 Å². The van der Waals surface area contributed by atoms with Crippen molar-refractivity contribution in [2.24, 2.45) is 0 Å². The van der Waals surface area contributed by atoms with Crippen LogP contribution in [-0.4, -0.2) is 45.8 Å². The second-order valence-electron chi connectivity index (χ2n) is 6.31. The predicted octanol–water partition coefficient (Wildman–Crippen LogP) is 1.19. The summed E-state index contributed by atoms with van der Waals surface area (Å²) in [4.78, 5) is 48.5. The molecule has 2 aliphatic rings. The van der Waals surface area contributed by atoms with Crippen LogP contribution >= 0.6 is 0 Å². The highest BCUT2D eigenvalue weighted by Crippen LogP contribution is 2.35. The number of hydrogen-bond donors (Lipinski definition) is 2. The van der Waals surface area contributed by atoms with Gasteiger partial charge in [-0.05, 0) is 31.4 Å². The molecule has 126 valence electrons. The maximum Gasteiger partial charge on any atom is 0.305 e. The quantitative estimate of drug-likeness (QED) is 0.763. The molecule has 0 aromatic heterocycles. The molecule has 1 fully saturated rings. The second kappa shape index (κ2) is 6.07. The molecule has 0 bridgehead atoms. The average Bonchev–Trinajstić information content (AvgIpc) is 2.75. The summed E-state index contributed by atoms with van der Waals surface area (Å²) >= 11 is 0. The maximum absolute atomic E-state index is 12.2. The number of carbonyl (C=O) groups is 4. The van der Waals surface area contributed by atoms with Gasteiger partial charge in [0, 0.05) is 13.0 Å². The molecular formula is C17H18N2O5. The van der Waals surface area contributed by atoms with Crippen LogP contribution in [0.5, 0.6) is 0 Å². The molecule has 1 saturated carbocycles. The number of carboxylic acids is 1. The van der Waals surface area contributed by atoms with Crippen molar-refractivity contribution >= 4 is 23.7 Å². The number of hydrogen-bond acceptors (Lipinski definition) is 4.